The number of nitro benzene ring substituents is 1. The van der Waals surface area contributed by atoms with Gasteiger partial charge in [-0.1, -0.05) is 24.6 Å². The molecule has 112 valence electrons. The summed E-state index contributed by atoms with van der Waals surface area (Å²) in [5.41, 5.74) is 7.14. The molecule has 1 unspecified atom stereocenters. The van der Waals surface area contributed by atoms with Crippen LogP contribution in [0.1, 0.15) is 24.8 Å². The summed E-state index contributed by atoms with van der Waals surface area (Å²) in [5, 5.41) is 14.8. The zero-order valence-electron chi connectivity index (χ0n) is 12.1. The highest BCUT2D eigenvalue weighted by Gasteiger charge is 2.17. The van der Waals surface area contributed by atoms with Crippen LogP contribution < -0.4 is 5.73 Å². The van der Waals surface area contributed by atoms with Gasteiger partial charge in [0, 0.05) is 24.1 Å². The van der Waals surface area contributed by atoms with Crippen molar-refractivity contribution in [2.75, 3.05) is 6.54 Å². The molecule has 1 aromatic carbocycles. The highest BCUT2D eigenvalue weighted by molar-refractivity contribution is 5.63. The molecule has 0 radical (unpaired) electrons. The van der Waals surface area contributed by atoms with Crippen molar-refractivity contribution in [3.63, 3.8) is 0 Å². The Bertz CT molecular complexity index is 635. The Morgan fingerprint density at radius 2 is 2.24 bits per heavy atom. The third-order valence-electron chi connectivity index (χ3n) is 3.51. The van der Waals surface area contributed by atoms with Gasteiger partial charge in [0.25, 0.3) is 5.69 Å². The molecule has 7 heteroatoms. The molecule has 0 spiro atoms. The summed E-state index contributed by atoms with van der Waals surface area (Å²) in [5.74, 6) is 1.18. The molecule has 0 aliphatic carbocycles. The van der Waals surface area contributed by atoms with Gasteiger partial charge in [0.1, 0.15) is 0 Å². The Labute approximate surface area is 122 Å². The van der Waals surface area contributed by atoms with Gasteiger partial charge in [0.2, 0.25) is 11.7 Å². The van der Waals surface area contributed by atoms with Crippen LogP contribution in [0.4, 0.5) is 5.69 Å². The van der Waals surface area contributed by atoms with E-state index >= 15 is 0 Å². The van der Waals surface area contributed by atoms with Crippen molar-refractivity contribution >= 4 is 5.69 Å². The molecule has 0 bridgehead atoms. The molecular weight excluding hydrogens is 272 g/mol. The highest BCUT2D eigenvalue weighted by atomic mass is 16.6. The largest absolute Gasteiger partial charge is 0.339 e. The molecule has 1 atom stereocenters. The maximum absolute atomic E-state index is 10.9. The number of non-ortho nitro benzene ring substituents is 1. The SMILES string of the molecule is CCC(CN)Cc1nc(-c2cc([N+](=O)[O-])ccc2C)no1. The summed E-state index contributed by atoms with van der Waals surface area (Å²) in [4.78, 5) is 14.7. The van der Waals surface area contributed by atoms with Crippen LogP contribution in [0.2, 0.25) is 0 Å². The zero-order valence-corrected chi connectivity index (χ0v) is 12.1. The summed E-state index contributed by atoms with van der Waals surface area (Å²) in [6, 6.07) is 4.60. The normalized spacial score (nSPS) is 12.3. The van der Waals surface area contributed by atoms with Gasteiger partial charge in [0.15, 0.2) is 0 Å². The molecule has 2 rings (SSSR count). The van der Waals surface area contributed by atoms with E-state index in [1.807, 2.05) is 6.92 Å². The topological polar surface area (TPSA) is 108 Å². The van der Waals surface area contributed by atoms with Crippen LogP contribution in [0.3, 0.4) is 0 Å². The van der Waals surface area contributed by atoms with Crippen LogP contribution in [-0.2, 0) is 6.42 Å². The molecular formula is C14H18N4O3. The van der Waals surface area contributed by atoms with Gasteiger partial charge in [-0.15, -0.1) is 0 Å². The molecule has 0 saturated carbocycles. The third kappa shape index (κ3) is 3.43. The summed E-state index contributed by atoms with van der Waals surface area (Å²) >= 11 is 0. The third-order valence-corrected chi connectivity index (χ3v) is 3.51. The molecule has 2 N–H and O–H groups in total. The number of aromatic nitrogens is 2. The van der Waals surface area contributed by atoms with Crippen molar-refractivity contribution in [2.45, 2.75) is 26.7 Å². The molecule has 21 heavy (non-hydrogen) atoms. The maximum Gasteiger partial charge on any atom is 0.270 e. The number of benzene rings is 1. The second-order valence-electron chi connectivity index (χ2n) is 4.98. The number of hydrogen-bond donors (Lipinski definition) is 1. The lowest BCUT2D eigenvalue weighted by Gasteiger charge is -2.07. The van der Waals surface area contributed by atoms with Crippen molar-refractivity contribution in [3.8, 4) is 11.4 Å². The van der Waals surface area contributed by atoms with Crippen LogP contribution in [0.25, 0.3) is 11.4 Å². The fourth-order valence-corrected chi connectivity index (χ4v) is 2.05. The van der Waals surface area contributed by atoms with Crippen molar-refractivity contribution in [3.05, 3.63) is 39.8 Å². The molecule has 0 aliphatic heterocycles. The Kier molecular flexibility index (Phi) is 4.64. The summed E-state index contributed by atoms with van der Waals surface area (Å²) in [6.45, 7) is 4.47. The number of nitrogens with zero attached hydrogens (tertiary/aromatic N) is 3. The lowest BCUT2D eigenvalue weighted by Crippen LogP contribution is -2.15. The zero-order chi connectivity index (χ0) is 15.4. The average Bonchev–Trinajstić information content (AvgIpc) is 2.93. The van der Waals surface area contributed by atoms with Gasteiger partial charge in [-0.25, -0.2) is 0 Å². The molecule has 2 aromatic rings. The van der Waals surface area contributed by atoms with E-state index in [1.165, 1.54) is 12.1 Å². The lowest BCUT2D eigenvalue weighted by atomic mass is 10.0. The first-order valence-electron chi connectivity index (χ1n) is 6.83. The first kappa shape index (κ1) is 15.1. The number of hydrogen-bond acceptors (Lipinski definition) is 6. The van der Waals surface area contributed by atoms with E-state index in [2.05, 4.69) is 17.1 Å². The maximum atomic E-state index is 10.9. The van der Waals surface area contributed by atoms with Gasteiger partial charge in [-0.05, 0) is 24.9 Å². The predicted octanol–water partition coefficient (Wildman–Crippen LogP) is 2.48. The van der Waals surface area contributed by atoms with Crippen LogP contribution >= 0.6 is 0 Å². The number of nitro groups is 1. The van der Waals surface area contributed by atoms with Crippen molar-refractivity contribution in [1.82, 2.24) is 10.1 Å². The quantitative estimate of drug-likeness (QED) is 0.646. The average molecular weight is 290 g/mol. The van der Waals surface area contributed by atoms with E-state index in [-0.39, 0.29) is 5.69 Å². The fraction of sp³-hybridized carbons (Fsp3) is 0.429. The predicted molar refractivity (Wildman–Crippen MR) is 77.7 cm³/mol. The van der Waals surface area contributed by atoms with E-state index in [0.717, 1.165) is 12.0 Å². The Morgan fingerprint density at radius 1 is 1.48 bits per heavy atom. The smallest absolute Gasteiger partial charge is 0.270 e. The molecule has 0 amide bonds. The Hall–Kier alpha value is -2.28. The first-order valence-corrected chi connectivity index (χ1v) is 6.83. The van der Waals surface area contributed by atoms with Crippen LogP contribution in [0, 0.1) is 23.0 Å². The van der Waals surface area contributed by atoms with Crippen LogP contribution in [-0.4, -0.2) is 21.6 Å². The van der Waals surface area contributed by atoms with Crippen LogP contribution in [0.5, 0.6) is 0 Å². The minimum atomic E-state index is -0.439. The Balaban J connectivity index is 2.29. The number of rotatable bonds is 6. The number of nitrogens with two attached hydrogens (primary N) is 1. The van der Waals surface area contributed by atoms with Gasteiger partial charge < -0.3 is 10.3 Å². The molecule has 1 aromatic heterocycles. The first-order chi connectivity index (χ1) is 10.0. The van der Waals surface area contributed by atoms with Gasteiger partial charge in [-0.2, -0.15) is 4.98 Å². The molecule has 1 heterocycles. The second kappa shape index (κ2) is 6.45. The molecule has 0 fully saturated rings. The minimum absolute atomic E-state index is 0.00958. The van der Waals surface area contributed by atoms with Crippen molar-refractivity contribution < 1.29 is 9.45 Å². The summed E-state index contributed by atoms with van der Waals surface area (Å²) in [7, 11) is 0. The highest BCUT2D eigenvalue weighted by Crippen LogP contribution is 2.25. The number of aryl methyl sites for hydroxylation is 1. The summed E-state index contributed by atoms with van der Waals surface area (Å²) < 4.78 is 5.22. The van der Waals surface area contributed by atoms with E-state index in [9.17, 15) is 10.1 Å². The molecule has 0 aliphatic rings. The van der Waals surface area contributed by atoms with E-state index in [0.29, 0.717) is 36.2 Å². The lowest BCUT2D eigenvalue weighted by molar-refractivity contribution is -0.384. The van der Waals surface area contributed by atoms with Gasteiger partial charge >= 0.3 is 0 Å². The van der Waals surface area contributed by atoms with Crippen molar-refractivity contribution in [1.29, 1.82) is 0 Å². The second-order valence-corrected chi connectivity index (χ2v) is 4.98. The van der Waals surface area contributed by atoms with Crippen LogP contribution in [0.15, 0.2) is 22.7 Å². The van der Waals surface area contributed by atoms with E-state index < -0.39 is 4.92 Å². The Morgan fingerprint density at radius 3 is 2.86 bits per heavy atom. The minimum Gasteiger partial charge on any atom is -0.339 e. The standard InChI is InChI=1S/C14H18N4O3/c1-3-10(8-15)6-13-16-14(17-21-13)12-7-11(18(19)20)5-4-9(12)2/h4-5,7,10H,3,6,8,15H2,1-2H3. The fourth-order valence-electron chi connectivity index (χ4n) is 2.05. The molecule has 7 nitrogen and oxygen atoms in total. The summed E-state index contributed by atoms with van der Waals surface area (Å²) in [6.07, 6.45) is 1.55. The van der Waals surface area contributed by atoms with E-state index in [4.69, 9.17) is 10.3 Å². The van der Waals surface area contributed by atoms with E-state index in [1.54, 1.807) is 6.07 Å². The van der Waals surface area contributed by atoms with Crippen molar-refractivity contribution in [2.24, 2.45) is 11.7 Å². The van der Waals surface area contributed by atoms with Gasteiger partial charge in [-0.3, -0.25) is 10.1 Å². The monoisotopic (exact) mass is 290 g/mol. The molecule has 0 saturated heterocycles. The van der Waals surface area contributed by atoms with Gasteiger partial charge in [0.05, 0.1) is 4.92 Å².